The number of anilines is 2. The predicted molar refractivity (Wildman–Crippen MR) is 169 cm³/mol. The van der Waals surface area contributed by atoms with E-state index >= 15 is 0 Å². The maximum absolute atomic E-state index is 2.43. The van der Waals surface area contributed by atoms with Crippen molar-refractivity contribution < 1.29 is 0 Å². The van der Waals surface area contributed by atoms with Crippen LogP contribution in [0.1, 0.15) is 22.3 Å². The first kappa shape index (κ1) is 26.2. The van der Waals surface area contributed by atoms with Gasteiger partial charge in [-0.05, 0) is 46.5 Å². The molecule has 2 nitrogen and oxygen atoms in total. The minimum absolute atomic E-state index is 1.21. The summed E-state index contributed by atoms with van der Waals surface area (Å²) in [5, 5.41) is 2.90. The number of hydrogen-bond acceptors (Lipinski definition) is 2. The maximum Gasteiger partial charge on any atom is 0.112 e. The zero-order chi connectivity index (χ0) is 26.4. The number of hydrogen-bond donors (Lipinski definition) is 0. The first-order chi connectivity index (χ1) is 17.7. The van der Waals surface area contributed by atoms with Crippen molar-refractivity contribution in [1.29, 1.82) is 0 Å². The minimum Gasteiger partial charge on any atom is -0.378 e. The van der Waals surface area contributed by atoms with E-state index in [0.717, 1.165) is 0 Å². The fourth-order valence-electron chi connectivity index (χ4n) is 4.34. The zero-order valence-electron chi connectivity index (χ0n) is 22.9. The second-order valence-electron chi connectivity index (χ2n) is 10.5. The van der Waals surface area contributed by atoms with Crippen molar-refractivity contribution >= 4 is 54.1 Å². The third kappa shape index (κ3) is 6.69. The molecule has 3 heteroatoms. The summed E-state index contributed by atoms with van der Waals surface area (Å²) in [6.07, 6.45) is 8.75. The normalized spacial score (nSPS) is 11.8. The first-order valence-corrected chi connectivity index (χ1v) is 15.8. The molecule has 4 rings (SSSR count). The standard InChI is InChI=1S/C34H38N2Si/c1-35(2)31-19-11-27(12-20-31)7-9-29-15-23-33(24-16-29)37(5,6)34-25-17-30(18-26-34)10-8-28-13-21-32(22-14-28)36(3)4/h7-26H,1-6H3. The van der Waals surface area contributed by atoms with Crippen LogP contribution < -0.4 is 20.2 Å². The quantitative estimate of drug-likeness (QED) is 0.189. The van der Waals surface area contributed by atoms with Crippen LogP contribution in [0, 0.1) is 0 Å². The van der Waals surface area contributed by atoms with Crippen molar-refractivity contribution in [2.75, 3.05) is 38.0 Å². The van der Waals surface area contributed by atoms with Crippen LogP contribution in [-0.2, 0) is 0 Å². The molecule has 0 aliphatic rings. The highest BCUT2D eigenvalue weighted by Gasteiger charge is 2.25. The molecule has 0 radical (unpaired) electrons. The Kier molecular flexibility index (Phi) is 8.15. The van der Waals surface area contributed by atoms with Crippen LogP contribution in [0.5, 0.6) is 0 Å². The molecule has 0 unspecified atom stereocenters. The molecule has 0 fully saturated rings. The second-order valence-corrected chi connectivity index (χ2v) is 14.9. The summed E-state index contributed by atoms with van der Waals surface area (Å²) < 4.78 is 0. The Labute approximate surface area is 224 Å². The van der Waals surface area contributed by atoms with Crippen LogP contribution >= 0.6 is 0 Å². The van der Waals surface area contributed by atoms with Crippen molar-refractivity contribution in [2.45, 2.75) is 13.1 Å². The van der Waals surface area contributed by atoms with E-state index in [4.69, 9.17) is 0 Å². The van der Waals surface area contributed by atoms with E-state index in [1.807, 2.05) is 0 Å². The summed E-state index contributed by atoms with van der Waals surface area (Å²) >= 11 is 0. The summed E-state index contributed by atoms with van der Waals surface area (Å²) in [5.41, 5.74) is 7.31. The van der Waals surface area contributed by atoms with Crippen molar-refractivity contribution in [2.24, 2.45) is 0 Å². The van der Waals surface area contributed by atoms with Crippen molar-refractivity contribution in [1.82, 2.24) is 0 Å². The highest BCUT2D eigenvalue weighted by molar-refractivity contribution is 7.00. The SMILES string of the molecule is CN(C)c1ccc(C=Cc2ccc([Si](C)(C)c3ccc(C=Cc4ccc(N(C)C)cc4)cc3)cc2)cc1. The summed E-state index contributed by atoms with van der Waals surface area (Å²) in [6.45, 7) is 4.86. The number of benzene rings is 4. The van der Waals surface area contributed by atoms with Gasteiger partial charge in [-0.25, -0.2) is 0 Å². The molecule has 188 valence electrons. The molecule has 0 saturated heterocycles. The molecular weight excluding hydrogens is 464 g/mol. The molecule has 0 saturated carbocycles. The Morgan fingerprint density at radius 3 is 0.892 bits per heavy atom. The van der Waals surface area contributed by atoms with Gasteiger partial charge < -0.3 is 9.80 Å². The highest BCUT2D eigenvalue weighted by Crippen LogP contribution is 2.16. The summed E-state index contributed by atoms with van der Waals surface area (Å²) in [6, 6.07) is 35.5. The monoisotopic (exact) mass is 502 g/mol. The largest absolute Gasteiger partial charge is 0.378 e. The summed E-state index contributed by atoms with van der Waals surface area (Å²) in [7, 11) is 6.49. The average Bonchev–Trinajstić information content (AvgIpc) is 2.91. The van der Waals surface area contributed by atoms with E-state index in [-0.39, 0.29) is 0 Å². The first-order valence-electron chi connectivity index (χ1n) is 12.8. The van der Waals surface area contributed by atoms with Crippen molar-refractivity contribution in [3.63, 3.8) is 0 Å². The van der Waals surface area contributed by atoms with Gasteiger partial charge in [-0.2, -0.15) is 0 Å². The topological polar surface area (TPSA) is 6.48 Å². The molecule has 0 N–H and O–H groups in total. The summed E-state index contributed by atoms with van der Waals surface area (Å²) in [4.78, 5) is 4.24. The van der Waals surface area contributed by atoms with E-state index in [0.29, 0.717) is 0 Å². The van der Waals surface area contributed by atoms with Crippen molar-refractivity contribution in [3.05, 3.63) is 119 Å². The summed E-state index contributed by atoms with van der Waals surface area (Å²) in [5.74, 6) is 0. The van der Waals surface area contributed by atoms with Gasteiger partial charge in [-0.3, -0.25) is 0 Å². The van der Waals surface area contributed by atoms with E-state index in [1.54, 1.807) is 0 Å². The predicted octanol–water partition coefficient (Wildman–Crippen LogP) is 6.98. The molecule has 0 atom stereocenters. The minimum atomic E-state index is -1.77. The van der Waals surface area contributed by atoms with Gasteiger partial charge in [0.1, 0.15) is 8.07 Å². The number of nitrogens with zero attached hydrogens (tertiary/aromatic N) is 2. The van der Waals surface area contributed by atoms with E-state index < -0.39 is 8.07 Å². The van der Waals surface area contributed by atoms with Crippen LogP contribution in [0.25, 0.3) is 24.3 Å². The fourth-order valence-corrected chi connectivity index (χ4v) is 6.67. The van der Waals surface area contributed by atoms with Crippen LogP contribution in [0.4, 0.5) is 11.4 Å². The molecule has 0 aromatic heterocycles. The molecule has 0 spiro atoms. The van der Waals surface area contributed by atoms with Crippen molar-refractivity contribution in [3.8, 4) is 0 Å². The van der Waals surface area contributed by atoms with Crippen LogP contribution in [0.15, 0.2) is 97.1 Å². The van der Waals surface area contributed by atoms with Gasteiger partial charge in [0.15, 0.2) is 0 Å². The molecule has 4 aromatic carbocycles. The lowest BCUT2D eigenvalue weighted by molar-refractivity contribution is 1.13. The average molecular weight is 503 g/mol. The van der Waals surface area contributed by atoms with Gasteiger partial charge in [0.2, 0.25) is 0 Å². The highest BCUT2D eigenvalue weighted by atomic mass is 28.3. The van der Waals surface area contributed by atoms with Gasteiger partial charge in [-0.15, -0.1) is 0 Å². The van der Waals surface area contributed by atoms with Gasteiger partial charge in [0, 0.05) is 39.6 Å². The lowest BCUT2D eigenvalue weighted by Gasteiger charge is -2.24. The third-order valence-electron chi connectivity index (χ3n) is 7.02. The van der Waals surface area contributed by atoms with Gasteiger partial charge in [0.05, 0.1) is 0 Å². The van der Waals surface area contributed by atoms with E-state index in [2.05, 4.69) is 172 Å². The second kappa shape index (κ2) is 11.5. The number of rotatable bonds is 8. The van der Waals surface area contributed by atoms with Crippen LogP contribution in [-0.4, -0.2) is 36.3 Å². The van der Waals surface area contributed by atoms with Gasteiger partial charge in [-0.1, -0.05) is 121 Å². The molecule has 0 bridgehead atoms. The smallest absolute Gasteiger partial charge is 0.112 e. The van der Waals surface area contributed by atoms with Crippen LogP contribution in [0.2, 0.25) is 13.1 Å². The zero-order valence-corrected chi connectivity index (χ0v) is 23.9. The Morgan fingerprint density at radius 1 is 0.405 bits per heavy atom. The third-order valence-corrected chi connectivity index (χ3v) is 10.6. The molecule has 0 heterocycles. The fraction of sp³-hybridized carbons (Fsp3) is 0.176. The molecule has 0 aliphatic heterocycles. The maximum atomic E-state index is 2.43. The Bertz CT molecular complexity index is 1240. The van der Waals surface area contributed by atoms with Gasteiger partial charge >= 0.3 is 0 Å². The van der Waals surface area contributed by atoms with E-state index in [9.17, 15) is 0 Å². The van der Waals surface area contributed by atoms with Gasteiger partial charge in [0.25, 0.3) is 0 Å². The Morgan fingerprint density at radius 2 is 0.649 bits per heavy atom. The molecular formula is C34H38N2Si. The molecule has 37 heavy (non-hydrogen) atoms. The lowest BCUT2D eigenvalue weighted by Crippen LogP contribution is -2.52. The van der Waals surface area contributed by atoms with E-state index in [1.165, 1.54) is 44.0 Å². The molecule has 0 amide bonds. The molecule has 0 aliphatic carbocycles. The Balaban J connectivity index is 1.42. The lowest BCUT2D eigenvalue weighted by atomic mass is 10.1. The molecule has 4 aromatic rings. The van der Waals surface area contributed by atoms with Crippen LogP contribution in [0.3, 0.4) is 0 Å². The Hall–Kier alpha value is -3.82.